The normalized spacial score (nSPS) is 10.4. The molecular weight excluding hydrogens is 248 g/mol. The molecule has 2 rings (SSSR count). The lowest BCUT2D eigenvalue weighted by Gasteiger charge is -2.06. The molecule has 3 nitrogen and oxygen atoms in total. The van der Waals surface area contributed by atoms with Gasteiger partial charge in [0.05, 0.1) is 5.02 Å². The second-order valence-corrected chi connectivity index (χ2v) is 4.65. The summed E-state index contributed by atoms with van der Waals surface area (Å²) in [6, 6.07) is 3.71. The topological polar surface area (TPSA) is 42.9 Å². The fraction of sp³-hybridized carbons (Fsp3) is 0.214. The number of aromatic nitrogens is 2. The second-order valence-electron chi connectivity index (χ2n) is 4.25. The van der Waals surface area contributed by atoms with Crippen LogP contribution >= 0.6 is 11.6 Å². The number of ketones is 1. The quantitative estimate of drug-likeness (QED) is 0.796. The van der Waals surface area contributed by atoms with Crippen LogP contribution in [0.15, 0.2) is 30.7 Å². The maximum absolute atomic E-state index is 12.2. The molecule has 0 aromatic carbocycles. The molecule has 0 atom stereocenters. The first kappa shape index (κ1) is 12.7. The molecule has 0 aliphatic rings. The van der Waals surface area contributed by atoms with Crippen LogP contribution in [-0.4, -0.2) is 15.8 Å². The van der Waals surface area contributed by atoms with Gasteiger partial charge in [0.2, 0.25) is 0 Å². The van der Waals surface area contributed by atoms with Gasteiger partial charge in [-0.25, -0.2) is 0 Å². The number of hydrogen-bond acceptors (Lipinski definition) is 3. The molecule has 2 aromatic heterocycles. The van der Waals surface area contributed by atoms with Gasteiger partial charge in [-0.1, -0.05) is 17.7 Å². The number of nitrogens with zero attached hydrogens (tertiary/aromatic N) is 2. The standard InChI is InChI=1S/C14H13ClN2O/c1-9-5-10(2)14(17-7-9)13(18)6-11-3-4-16-8-12(11)15/h3-5,7-8H,6H2,1-2H3. The van der Waals surface area contributed by atoms with E-state index >= 15 is 0 Å². The van der Waals surface area contributed by atoms with Crippen LogP contribution in [0.3, 0.4) is 0 Å². The van der Waals surface area contributed by atoms with Gasteiger partial charge in [0.25, 0.3) is 0 Å². The van der Waals surface area contributed by atoms with Crippen molar-refractivity contribution in [3.05, 3.63) is 58.1 Å². The third-order valence-corrected chi connectivity index (χ3v) is 3.03. The van der Waals surface area contributed by atoms with Gasteiger partial charge in [0.1, 0.15) is 5.69 Å². The highest BCUT2D eigenvalue weighted by atomic mass is 35.5. The molecule has 0 spiro atoms. The summed E-state index contributed by atoms with van der Waals surface area (Å²) < 4.78 is 0. The Balaban J connectivity index is 2.25. The first-order valence-corrected chi connectivity index (χ1v) is 6.00. The highest BCUT2D eigenvalue weighted by Crippen LogP contribution is 2.17. The van der Waals surface area contributed by atoms with Gasteiger partial charge in [-0.15, -0.1) is 0 Å². The Bertz CT molecular complexity index is 596. The number of carbonyl (C=O) groups is 1. The Morgan fingerprint density at radius 1 is 1.33 bits per heavy atom. The average Bonchev–Trinajstić information content (AvgIpc) is 2.32. The lowest BCUT2D eigenvalue weighted by Crippen LogP contribution is -2.09. The Labute approximate surface area is 111 Å². The van der Waals surface area contributed by atoms with Crippen LogP contribution < -0.4 is 0 Å². The van der Waals surface area contributed by atoms with E-state index in [0.29, 0.717) is 10.7 Å². The van der Waals surface area contributed by atoms with Crippen molar-refractivity contribution in [1.29, 1.82) is 0 Å². The van der Waals surface area contributed by atoms with E-state index in [1.54, 1.807) is 24.7 Å². The number of Topliss-reactive ketones (excluding diaryl/α,β-unsaturated/α-hetero) is 1. The van der Waals surface area contributed by atoms with Crippen LogP contribution in [0.2, 0.25) is 5.02 Å². The van der Waals surface area contributed by atoms with Crippen LogP contribution in [0, 0.1) is 13.8 Å². The van der Waals surface area contributed by atoms with Crippen molar-refractivity contribution in [2.75, 3.05) is 0 Å². The average molecular weight is 261 g/mol. The van der Waals surface area contributed by atoms with Gasteiger partial charge in [0, 0.05) is 25.0 Å². The third-order valence-electron chi connectivity index (χ3n) is 2.69. The van der Waals surface area contributed by atoms with E-state index in [1.165, 1.54) is 0 Å². The molecule has 0 saturated heterocycles. The zero-order valence-corrected chi connectivity index (χ0v) is 11.0. The first-order chi connectivity index (χ1) is 8.58. The van der Waals surface area contributed by atoms with Gasteiger partial charge in [-0.2, -0.15) is 0 Å². The molecule has 0 unspecified atom stereocenters. The van der Waals surface area contributed by atoms with Crippen LogP contribution in [0.5, 0.6) is 0 Å². The minimum absolute atomic E-state index is 0.0272. The largest absolute Gasteiger partial charge is 0.292 e. The minimum Gasteiger partial charge on any atom is -0.292 e. The van der Waals surface area contributed by atoms with Gasteiger partial charge in [0.15, 0.2) is 5.78 Å². The molecule has 0 aliphatic heterocycles. The summed E-state index contributed by atoms with van der Waals surface area (Å²) in [5.41, 5.74) is 3.23. The summed E-state index contributed by atoms with van der Waals surface area (Å²) in [5.74, 6) is -0.0272. The Morgan fingerprint density at radius 2 is 2.11 bits per heavy atom. The Hall–Kier alpha value is -1.74. The molecule has 0 N–H and O–H groups in total. The third kappa shape index (κ3) is 2.74. The predicted octanol–water partition coefficient (Wildman–Crippen LogP) is 3.17. The second kappa shape index (κ2) is 5.27. The lowest BCUT2D eigenvalue weighted by molar-refractivity contribution is 0.0987. The van der Waals surface area contributed by atoms with E-state index in [4.69, 9.17) is 11.6 Å². The van der Waals surface area contributed by atoms with Crippen LogP contribution in [-0.2, 0) is 6.42 Å². The van der Waals surface area contributed by atoms with Crippen molar-refractivity contribution in [3.8, 4) is 0 Å². The molecule has 0 saturated carbocycles. The van der Waals surface area contributed by atoms with Crippen LogP contribution in [0.4, 0.5) is 0 Å². The van der Waals surface area contributed by atoms with Gasteiger partial charge < -0.3 is 0 Å². The molecule has 0 amide bonds. The SMILES string of the molecule is Cc1cnc(C(=O)Cc2ccncc2Cl)c(C)c1. The number of rotatable bonds is 3. The highest BCUT2D eigenvalue weighted by Gasteiger charge is 2.13. The first-order valence-electron chi connectivity index (χ1n) is 5.63. The molecular formula is C14H13ClN2O. The molecule has 0 radical (unpaired) electrons. The van der Waals surface area contributed by atoms with E-state index in [2.05, 4.69) is 9.97 Å². The molecule has 0 fully saturated rings. The molecule has 0 bridgehead atoms. The van der Waals surface area contributed by atoms with Crippen molar-refractivity contribution in [1.82, 2.24) is 9.97 Å². The minimum atomic E-state index is -0.0272. The Morgan fingerprint density at radius 3 is 2.78 bits per heavy atom. The molecule has 18 heavy (non-hydrogen) atoms. The van der Waals surface area contributed by atoms with Gasteiger partial charge in [-0.3, -0.25) is 14.8 Å². The predicted molar refractivity (Wildman–Crippen MR) is 71.0 cm³/mol. The molecule has 2 aromatic rings. The van der Waals surface area contributed by atoms with Gasteiger partial charge >= 0.3 is 0 Å². The summed E-state index contributed by atoms with van der Waals surface area (Å²) in [5, 5.41) is 0.510. The maximum atomic E-state index is 12.2. The fourth-order valence-electron chi connectivity index (χ4n) is 1.81. The van der Waals surface area contributed by atoms with Gasteiger partial charge in [-0.05, 0) is 36.6 Å². The van der Waals surface area contributed by atoms with Crippen molar-refractivity contribution in [3.63, 3.8) is 0 Å². The zero-order valence-electron chi connectivity index (χ0n) is 10.3. The summed E-state index contributed by atoms with van der Waals surface area (Å²) in [7, 11) is 0. The molecule has 92 valence electrons. The summed E-state index contributed by atoms with van der Waals surface area (Å²) in [6.45, 7) is 3.84. The molecule has 0 aliphatic carbocycles. The number of hydrogen-bond donors (Lipinski definition) is 0. The molecule has 2 heterocycles. The molecule has 4 heteroatoms. The van der Waals surface area contributed by atoms with E-state index in [1.807, 2.05) is 19.9 Å². The number of halogens is 1. The van der Waals surface area contributed by atoms with Crippen molar-refractivity contribution in [2.24, 2.45) is 0 Å². The monoisotopic (exact) mass is 260 g/mol. The number of pyridine rings is 2. The van der Waals surface area contributed by atoms with Crippen LogP contribution in [0.1, 0.15) is 27.2 Å². The summed E-state index contributed by atoms with van der Waals surface area (Å²) in [6.07, 6.45) is 5.12. The van der Waals surface area contributed by atoms with E-state index in [9.17, 15) is 4.79 Å². The summed E-state index contributed by atoms with van der Waals surface area (Å²) >= 11 is 5.99. The number of aryl methyl sites for hydroxylation is 2. The lowest BCUT2D eigenvalue weighted by atomic mass is 10.0. The van der Waals surface area contributed by atoms with E-state index < -0.39 is 0 Å². The van der Waals surface area contributed by atoms with Crippen molar-refractivity contribution < 1.29 is 4.79 Å². The van der Waals surface area contributed by atoms with Crippen molar-refractivity contribution in [2.45, 2.75) is 20.3 Å². The van der Waals surface area contributed by atoms with Crippen molar-refractivity contribution >= 4 is 17.4 Å². The van der Waals surface area contributed by atoms with Crippen LogP contribution in [0.25, 0.3) is 0 Å². The zero-order chi connectivity index (χ0) is 13.1. The number of carbonyl (C=O) groups excluding carboxylic acids is 1. The smallest absolute Gasteiger partial charge is 0.185 e. The maximum Gasteiger partial charge on any atom is 0.185 e. The van der Waals surface area contributed by atoms with E-state index in [0.717, 1.165) is 16.7 Å². The van der Waals surface area contributed by atoms with E-state index in [-0.39, 0.29) is 12.2 Å². The highest BCUT2D eigenvalue weighted by molar-refractivity contribution is 6.31. The Kier molecular flexibility index (Phi) is 3.72. The summed E-state index contributed by atoms with van der Waals surface area (Å²) in [4.78, 5) is 20.2. The fourth-order valence-corrected chi connectivity index (χ4v) is 2.00.